The average Bonchev–Trinajstić information content (AvgIpc) is 2.60. The minimum atomic E-state index is 0.209. The monoisotopic (exact) mass is 325 g/mol. The number of nitrogens with one attached hydrogen (secondary N) is 1. The highest BCUT2D eigenvalue weighted by Crippen LogP contribution is 2.14. The molecule has 0 aliphatic rings. The van der Waals surface area contributed by atoms with Crippen LogP contribution in [0.2, 0.25) is 0 Å². The van der Waals surface area contributed by atoms with Crippen molar-refractivity contribution in [3.63, 3.8) is 0 Å². The Morgan fingerprint density at radius 3 is 2.83 bits per heavy atom. The van der Waals surface area contributed by atoms with Crippen LogP contribution >= 0.6 is 11.8 Å². The first-order chi connectivity index (χ1) is 11.3. The van der Waals surface area contributed by atoms with Crippen molar-refractivity contribution in [1.82, 2.24) is 4.98 Å². The molecule has 0 saturated carbocycles. The van der Waals surface area contributed by atoms with E-state index in [1.165, 1.54) is 5.56 Å². The summed E-state index contributed by atoms with van der Waals surface area (Å²) < 4.78 is 0. The van der Waals surface area contributed by atoms with Crippen LogP contribution in [-0.2, 0) is 5.75 Å². The number of nitrogens with zero attached hydrogens (tertiary/aromatic N) is 2. The van der Waals surface area contributed by atoms with Crippen LogP contribution in [0.1, 0.15) is 16.7 Å². The number of anilines is 1. The predicted octanol–water partition coefficient (Wildman–Crippen LogP) is 3.30. The van der Waals surface area contributed by atoms with Crippen molar-refractivity contribution >= 4 is 23.7 Å². The molecule has 118 valence electrons. The van der Waals surface area contributed by atoms with Gasteiger partial charge in [0.05, 0.1) is 18.2 Å². The Morgan fingerprint density at radius 2 is 2.09 bits per heavy atom. The zero-order valence-electron chi connectivity index (χ0n) is 12.8. The van der Waals surface area contributed by atoms with Crippen molar-refractivity contribution in [3.8, 4) is 6.07 Å². The highest BCUT2D eigenvalue weighted by atomic mass is 32.2. The van der Waals surface area contributed by atoms with E-state index in [2.05, 4.69) is 16.4 Å². The van der Waals surface area contributed by atoms with Crippen LogP contribution in [0.4, 0.5) is 5.82 Å². The largest absolute Gasteiger partial charge is 0.396 e. The second-order valence-electron chi connectivity index (χ2n) is 4.84. The smallest absolute Gasteiger partial charge is 0.126 e. The SMILES string of the molecule is N#Cc1ccc(/C=C/CNc2cc(CSCCO)ccn2)cc1. The molecule has 0 aliphatic carbocycles. The number of aliphatic hydroxyl groups is 1. The van der Waals surface area contributed by atoms with Gasteiger partial charge in [-0.2, -0.15) is 17.0 Å². The van der Waals surface area contributed by atoms with Crippen LogP contribution in [0.25, 0.3) is 6.08 Å². The highest BCUT2D eigenvalue weighted by Gasteiger charge is 1.97. The fraction of sp³-hybridized carbons (Fsp3) is 0.222. The summed E-state index contributed by atoms with van der Waals surface area (Å²) in [5.41, 5.74) is 2.92. The molecule has 5 heteroatoms. The van der Waals surface area contributed by atoms with Gasteiger partial charge in [0.1, 0.15) is 5.82 Å². The van der Waals surface area contributed by atoms with Crippen LogP contribution in [0.15, 0.2) is 48.7 Å². The first-order valence-electron chi connectivity index (χ1n) is 7.36. The summed E-state index contributed by atoms with van der Waals surface area (Å²) in [6.45, 7) is 0.890. The van der Waals surface area contributed by atoms with Crippen LogP contribution < -0.4 is 5.32 Å². The number of hydrogen-bond donors (Lipinski definition) is 2. The third kappa shape index (κ3) is 6.15. The summed E-state index contributed by atoms with van der Waals surface area (Å²) in [6, 6.07) is 13.6. The number of aromatic nitrogens is 1. The molecule has 2 aromatic rings. The summed E-state index contributed by atoms with van der Waals surface area (Å²) >= 11 is 1.70. The summed E-state index contributed by atoms with van der Waals surface area (Å²) in [7, 11) is 0. The third-order valence-corrected chi connectivity index (χ3v) is 4.09. The Morgan fingerprint density at radius 1 is 1.26 bits per heavy atom. The molecule has 2 N–H and O–H groups in total. The van der Waals surface area contributed by atoms with E-state index in [-0.39, 0.29) is 6.61 Å². The lowest BCUT2D eigenvalue weighted by atomic mass is 10.1. The molecule has 0 spiro atoms. The lowest BCUT2D eigenvalue weighted by molar-refractivity contribution is 0.322. The standard InChI is InChI=1S/C18H19N3OS/c19-13-16-5-3-15(4-6-16)2-1-8-20-18-12-17(7-9-21-18)14-23-11-10-22/h1-7,9,12,22H,8,10-11,14H2,(H,20,21)/b2-1+. The van der Waals surface area contributed by atoms with Gasteiger partial charge in [0.2, 0.25) is 0 Å². The lowest BCUT2D eigenvalue weighted by Crippen LogP contribution is -2.01. The second kappa shape index (κ2) is 9.67. The topological polar surface area (TPSA) is 68.9 Å². The van der Waals surface area contributed by atoms with Crippen molar-refractivity contribution in [1.29, 1.82) is 5.26 Å². The van der Waals surface area contributed by atoms with E-state index < -0.39 is 0 Å². The maximum atomic E-state index is 8.80. The molecule has 0 bridgehead atoms. The van der Waals surface area contributed by atoms with E-state index in [1.54, 1.807) is 18.0 Å². The Bertz CT molecular complexity index is 677. The summed E-state index contributed by atoms with van der Waals surface area (Å²) in [6.07, 6.45) is 5.83. The zero-order chi connectivity index (χ0) is 16.3. The minimum Gasteiger partial charge on any atom is -0.396 e. The number of nitriles is 1. The highest BCUT2D eigenvalue weighted by molar-refractivity contribution is 7.98. The van der Waals surface area contributed by atoms with Crippen molar-refractivity contribution in [3.05, 3.63) is 65.4 Å². The summed E-state index contributed by atoms with van der Waals surface area (Å²) in [5.74, 6) is 2.47. The third-order valence-electron chi connectivity index (χ3n) is 3.08. The van der Waals surface area contributed by atoms with Gasteiger partial charge in [0, 0.05) is 24.2 Å². The van der Waals surface area contributed by atoms with Gasteiger partial charge in [0.25, 0.3) is 0 Å². The molecular formula is C18H19N3OS. The van der Waals surface area contributed by atoms with Crippen LogP contribution in [0.5, 0.6) is 0 Å². The molecule has 0 saturated heterocycles. The van der Waals surface area contributed by atoms with Crippen LogP contribution in [-0.4, -0.2) is 29.0 Å². The number of aliphatic hydroxyl groups excluding tert-OH is 1. The molecule has 0 aliphatic heterocycles. The van der Waals surface area contributed by atoms with E-state index in [1.807, 2.05) is 48.6 Å². The van der Waals surface area contributed by atoms with E-state index in [9.17, 15) is 0 Å². The fourth-order valence-corrected chi connectivity index (χ4v) is 2.63. The Balaban J connectivity index is 1.82. The lowest BCUT2D eigenvalue weighted by Gasteiger charge is -2.05. The van der Waals surface area contributed by atoms with Crippen molar-refractivity contribution in [2.45, 2.75) is 5.75 Å². The maximum Gasteiger partial charge on any atom is 0.126 e. The first-order valence-corrected chi connectivity index (χ1v) is 8.51. The molecular weight excluding hydrogens is 306 g/mol. The van der Waals surface area contributed by atoms with Gasteiger partial charge in [-0.05, 0) is 35.4 Å². The number of pyridine rings is 1. The maximum absolute atomic E-state index is 8.80. The number of hydrogen-bond acceptors (Lipinski definition) is 5. The molecule has 4 nitrogen and oxygen atoms in total. The van der Waals surface area contributed by atoms with Gasteiger partial charge in [-0.25, -0.2) is 4.98 Å². The van der Waals surface area contributed by atoms with Gasteiger partial charge in [-0.3, -0.25) is 0 Å². The number of rotatable bonds is 8. The van der Waals surface area contributed by atoms with Gasteiger partial charge in [-0.15, -0.1) is 0 Å². The van der Waals surface area contributed by atoms with Gasteiger partial charge >= 0.3 is 0 Å². The van der Waals surface area contributed by atoms with Crippen LogP contribution in [0.3, 0.4) is 0 Å². The minimum absolute atomic E-state index is 0.209. The van der Waals surface area contributed by atoms with Gasteiger partial charge < -0.3 is 10.4 Å². The van der Waals surface area contributed by atoms with E-state index in [0.29, 0.717) is 12.1 Å². The molecule has 0 fully saturated rings. The molecule has 0 unspecified atom stereocenters. The number of benzene rings is 1. The Labute approximate surface area is 140 Å². The fourth-order valence-electron chi connectivity index (χ4n) is 1.94. The second-order valence-corrected chi connectivity index (χ2v) is 5.95. The predicted molar refractivity (Wildman–Crippen MR) is 96.2 cm³/mol. The molecule has 0 atom stereocenters. The normalized spacial score (nSPS) is 10.6. The van der Waals surface area contributed by atoms with Crippen molar-refractivity contribution in [2.24, 2.45) is 0 Å². The number of thioether (sulfide) groups is 1. The van der Waals surface area contributed by atoms with E-state index in [0.717, 1.165) is 22.9 Å². The zero-order valence-corrected chi connectivity index (χ0v) is 13.6. The average molecular weight is 325 g/mol. The molecule has 23 heavy (non-hydrogen) atoms. The van der Waals surface area contributed by atoms with E-state index >= 15 is 0 Å². The van der Waals surface area contributed by atoms with Gasteiger partial charge in [-0.1, -0.05) is 24.3 Å². The molecule has 1 aromatic carbocycles. The van der Waals surface area contributed by atoms with Crippen LogP contribution in [0, 0.1) is 11.3 Å². The Hall–Kier alpha value is -2.29. The molecule has 2 rings (SSSR count). The van der Waals surface area contributed by atoms with Crippen molar-refractivity contribution < 1.29 is 5.11 Å². The Kier molecular flexibility index (Phi) is 7.18. The molecule has 0 radical (unpaired) electrons. The van der Waals surface area contributed by atoms with Crippen molar-refractivity contribution in [2.75, 3.05) is 24.2 Å². The summed E-state index contributed by atoms with van der Waals surface area (Å²) in [5, 5.41) is 20.8. The van der Waals surface area contributed by atoms with Gasteiger partial charge in [0.15, 0.2) is 0 Å². The first kappa shape index (κ1) is 17.1. The molecule has 0 amide bonds. The van der Waals surface area contributed by atoms with E-state index in [4.69, 9.17) is 10.4 Å². The summed E-state index contributed by atoms with van der Waals surface area (Å²) in [4.78, 5) is 4.30. The quantitative estimate of drug-likeness (QED) is 0.729. The molecule has 1 heterocycles. The molecule has 1 aromatic heterocycles.